The molecule has 0 amide bonds. The highest BCUT2D eigenvalue weighted by Crippen LogP contribution is 2.06. The van der Waals surface area contributed by atoms with Crippen LogP contribution in [0.1, 0.15) is 0 Å². The molecule has 2 heteroatoms. The van der Waals surface area contributed by atoms with Crippen molar-refractivity contribution < 1.29 is 9.90 Å². The summed E-state index contributed by atoms with van der Waals surface area (Å²) in [4.78, 5) is 10.1. The van der Waals surface area contributed by atoms with Gasteiger partial charge in [-0.25, -0.2) is 4.79 Å². The molecule has 0 radical (unpaired) electrons. The minimum Gasteiger partial charge on any atom is -0.467 e. The van der Waals surface area contributed by atoms with Gasteiger partial charge in [0.15, 0.2) is 0 Å². The van der Waals surface area contributed by atoms with Gasteiger partial charge in [0, 0.05) is 6.42 Å². The van der Waals surface area contributed by atoms with Crippen molar-refractivity contribution in [1.82, 2.24) is 0 Å². The second-order valence-corrected chi connectivity index (χ2v) is 1.48. The Labute approximate surface area is 47.1 Å². The maximum absolute atomic E-state index is 10.1. The Morgan fingerprint density at radius 2 is 2.50 bits per heavy atom. The first kappa shape index (κ1) is 4.97. The van der Waals surface area contributed by atoms with Crippen LogP contribution in [0.25, 0.3) is 0 Å². The molecular weight excluding hydrogens is 104 g/mol. The quantitative estimate of drug-likeness (QED) is 0.505. The first-order valence-corrected chi connectivity index (χ1v) is 2.26. The van der Waals surface area contributed by atoms with Crippen LogP contribution in [0.4, 0.5) is 0 Å². The zero-order chi connectivity index (χ0) is 5.98. The van der Waals surface area contributed by atoms with E-state index in [2.05, 4.69) is 0 Å². The van der Waals surface area contributed by atoms with Crippen molar-refractivity contribution in [3.63, 3.8) is 0 Å². The summed E-state index contributed by atoms with van der Waals surface area (Å²) in [5.41, 5.74) is 0.352. The Kier molecular flexibility index (Phi) is 1.08. The van der Waals surface area contributed by atoms with Crippen LogP contribution in [0, 0.1) is 6.42 Å². The number of allylic oxidation sites excluding steroid dienone is 2. The molecule has 2 nitrogen and oxygen atoms in total. The third-order valence-corrected chi connectivity index (χ3v) is 0.910. The number of carboxylic acid groups (broad SMARTS) is 1. The average molecular weight is 109 g/mol. The molecule has 0 spiro atoms. The minimum absolute atomic E-state index is 0.352. The number of rotatable bonds is 1. The summed E-state index contributed by atoms with van der Waals surface area (Å²) in [6.07, 6.45) is 6.51. The second kappa shape index (κ2) is 1.74. The van der Waals surface area contributed by atoms with Gasteiger partial charge in [0.1, 0.15) is 0 Å². The van der Waals surface area contributed by atoms with Gasteiger partial charge in [0.05, 0.1) is 18.2 Å². The highest BCUT2D eigenvalue weighted by atomic mass is 16.4. The molecule has 0 atom stereocenters. The molecule has 0 heterocycles. The van der Waals surface area contributed by atoms with E-state index >= 15 is 0 Å². The predicted molar refractivity (Wildman–Crippen MR) is 29.2 cm³/mol. The zero-order valence-corrected chi connectivity index (χ0v) is 4.16. The molecule has 0 aromatic heterocycles. The van der Waals surface area contributed by atoms with Crippen molar-refractivity contribution in [1.29, 1.82) is 0 Å². The molecule has 0 unspecified atom stereocenters. The summed E-state index contributed by atoms with van der Waals surface area (Å²) >= 11 is 0. The summed E-state index contributed by atoms with van der Waals surface area (Å²) in [5, 5.41) is 8.27. The number of carbonyl (C=O) groups is 1. The van der Waals surface area contributed by atoms with E-state index in [1.165, 1.54) is 0 Å². The van der Waals surface area contributed by atoms with Crippen molar-refractivity contribution in [2.24, 2.45) is 0 Å². The van der Waals surface area contributed by atoms with E-state index in [9.17, 15) is 4.79 Å². The third-order valence-electron chi connectivity index (χ3n) is 0.910. The van der Waals surface area contributed by atoms with E-state index in [-0.39, 0.29) is 0 Å². The average Bonchev–Trinajstić information content (AvgIpc) is 2.12. The molecule has 0 saturated carbocycles. The Balaban J connectivity index is 2.72. The Morgan fingerprint density at radius 3 is 2.75 bits per heavy atom. The van der Waals surface area contributed by atoms with Gasteiger partial charge in [0.2, 0.25) is 5.57 Å². The van der Waals surface area contributed by atoms with Crippen molar-refractivity contribution in [3.8, 4) is 0 Å². The fraction of sp³-hybridized carbons (Fsp3) is 0. The number of hydrogen-bond donors (Lipinski definition) is 1. The third kappa shape index (κ3) is 0.729. The highest BCUT2D eigenvalue weighted by molar-refractivity contribution is 5.91. The highest BCUT2D eigenvalue weighted by Gasteiger charge is 2.14. The molecule has 40 valence electrons. The molecule has 1 aliphatic carbocycles. The lowest BCUT2D eigenvalue weighted by atomic mass is 10.3. The van der Waals surface area contributed by atoms with Gasteiger partial charge < -0.3 is 5.11 Å². The summed E-state index contributed by atoms with van der Waals surface area (Å²) in [6.45, 7) is 0. The Bertz CT molecular complexity index is 165. The van der Waals surface area contributed by atoms with Gasteiger partial charge in [0.25, 0.3) is 0 Å². The van der Waals surface area contributed by atoms with Crippen molar-refractivity contribution in [3.05, 3.63) is 30.2 Å². The summed E-state index contributed by atoms with van der Waals surface area (Å²) in [7, 11) is 0. The van der Waals surface area contributed by atoms with Gasteiger partial charge >= 0.3 is 5.97 Å². The molecule has 0 aromatic rings. The molecule has 1 aliphatic rings. The fourth-order valence-electron chi connectivity index (χ4n) is 0.517. The van der Waals surface area contributed by atoms with Gasteiger partial charge in [-0.05, 0) is 0 Å². The molecule has 8 heavy (non-hydrogen) atoms. The minimum atomic E-state index is -0.866. The van der Waals surface area contributed by atoms with Crippen LogP contribution in [-0.4, -0.2) is 11.1 Å². The lowest BCUT2D eigenvalue weighted by Crippen LogP contribution is -1.94. The van der Waals surface area contributed by atoms with E-state index in [1.54, 1.807) is 24.6 Å². The molecule has 0 aromatic carbocycles. The standard InChI is InChI=1S/C6H4O2/c7-6(8)5-3-1-2-4-5/h1-4H/p+1. The van der Waals surface area contributed by atoms with E-state index in [0.29, 0.717) is 5.57 Å². The van der Waals surface area contributed by atoms with E-state index < -0.39 is 5.97 Å². The zero-order valence-electron chi connectivity index (χ0n) is 4.16. The lowest BCUT2D eigenvalue weighted by Gasteiger charge is -1.73. The van der Waals surface area contributed by atoms with E-state index in [1.807, 2.05) is 0 Å². The molecular formula is C6H5O2+. The van der Waals surface area contributed by atoms with Gasteiger partial charge in [-0.15, -0.1) is 0 Å². The van der Waals surface area contributed by atoms with Gasteiger partial charge in [-0.2, -0.15) is 0 Å². The van der Waals surface area contributed by atoms with Crippen molar-refractivity contribution in [2.75, 3.05) is 0 Å². The lowest BCUT2D eigenvalue weighted by molar-refractivity contribution is -0.132. The monoisotopic (exact) mass is 109 g/mol. The number of aliphatic carboxylic acids is 1. The molecule has 1 rings (SSSR count). The maximum atomic E-state index is 10.1. The van der Waals surface area contributed by atoms with Crippen LogP contribution in [0.5, 0.6) is 0 Å². The first-order chi connectivity index (χ1) is 3.80. The Hall–Kier alpha value is -1.18. The van der Waals surface area contributed by atoms with E-state index in [0.717, 1.165) is 0 Å². The van der Waals surface area contributed by atoms with Crippen LogP contribution in [0.15, 0.2) is 23.8 Å². The normalized spacial score (nSPS) is 15.2. The van der Waals surface area contributed by atoms with Gasteiger partial charge in [-0.3, -0.25) is 0 Å². The molecule has 0 fully saturated rings. The second-order valence-electron chi connectivity index (χ2n) is 1.48. The van der Waals surface area contributed by atoms with Crippen LogP contribution < -0.4 is 0 Å². The smallest absolute Gasteiger partial charge is 0.406 e. The largest absolute Gasteiger partial charge is 0.467 e. The summed E-state index contributed by atoms with van der Waals surface area (Å²) in [5.74, 6) is -0.866. The van der Waals surface area contributed by atoms with Crippen molar-refractivity contribution >= 4 is 5.97 Å². The topological polar surface area (TPSA) is 37.3 Å². The van der Waals surface area contributed by atoms with Gasteiger partial charge in [-0.1, -0.05) is 0 Å². The predicted octanol–water partition coefficient (Wildman–Crippen LogP) is 0.771. The van der Waals surface area contributed by atoms with Crippen LogP contribution >= 0.6 is 0 Å². The van der Waals surface area contributed by atoms with E-state index in [4.69, 9.17) is 5.11 Å². The first-order valence-electron chi connectivity index (χ1n) is 2.26. The van der Waals surface area contributed by atoms with Crippen LogP contribution in [-0.2, 0) is 4.79 Å². The number of hydrogen-bond acceptors (Lipinski definition) is 1. The SMILES string of the molecule is O=C(O)C1=C[CH+]C=C1. The summed E-state index contributed by atoms with van der Waals surface area (Å²) < 4.78 is 0. The maximum Gasteiger partial charge on any atom is 0.406 e. The number of carboxylic acids is 1. The molecule has 0 aliphatic heterocycles. The molecule has 1 N–H and O–H groups in total. The molecule has 0 bridgehead atoms. The van der Waals surface area contributed by atoms with Crippen LogP contribution in [0.2, 0.25) is 0 Å². The fourth-order valence-corrected chi connectivity index (χ4v) is 0.517. The molecule has 0 saturated heterocycles. The van der Waals surface area contributed by atoms with Crippen LogP contribution in [0.3, 0.4) is 0 Å². The summed E-state index contributed by atoms with van der Waals surface area (Å²) in [6, 6.07) is 0. The van der Waals surface area contributed by atoms with Crippen molar-refractivity contribution in [2.45, 2.75) is 0 Å². The Morgan fingerprint density at radius 1 is 1.75 bits per heavy atom.